The van der Waals surface area contributed by atoms with Gasteiger partial charge >= 0.3 is 0 Å². The van der Waals surface area contributed by atoms with Crippen molar-refractivity contribution < 1.29 is 19.0 Å². The topological polar surface area (TPSA) is 44.8 Å². The third kappa shape index (κ3) is 2.47. The van der Waals surface area contributed by atoms with Gasteiger partial charge in [-0.2, -0.15) is 0 Å². The molecule has 4 rings (SSSR count). The van der Waals surface area contributed by atoms with Crippen LogP contribution in [-0.4, -0.2) is 23.8 Å². The molecule has 2 aliphatic rings. The Labute approximate surface area is 159 Å². The molecule has 2 aromatic carbocycles. The van der Waals surface area contributed by atoms with Gasteiger partial charge in [-0.15, -0.1) is 0 Å². The number of Topliss-reactive ketones (excluding diaryl/α,β-unsaturated/α-hetero) is 1. The van der Waals surface area contributed by atoms with Crippen LogP contribution in [0.25, 0.3) is 0 Å². The lowest BCUT2D eigenvalue weighted by Gasteiger charge is -2.40. The van der Waals surface area contributed by atoms with Gasteiger partial charge in [0.2, 0.25) is 5.78 Å². The fourth-order valence-corrected chi connectivity index (χ4v) is 4.03. The Kier molecular flexibility index (Phi) is 4.21. The zero-order valence-corrected chi connectivity index (χ0v) is 16.1. The Morgan fingerprint density at radius 2 is 1.48 bits per heavy atom. The van der Waals surface area contributed by atoms with Crippen LogP contribution in [0.4, 0.5) is 0 Å². The van der Waals surface area contributed by atoms with Crippen LogP contribution in [0.3, 0.4) is 0 Å². The minimum atomic E-state index is -1.47. The van der Waals surface area contributed by atoms with E-state index < -0.39 is 11.4 Å². The molecule has 1 heterocycles. The summed E-state index contributed by atoms with van der Waals surface area (Å²) >= 11 is 0. The highest BCUT2D eigenvalue weighted by molar-refractivity contribution is 6.10. The highest BCUT2D eigenvalue weighted by Gasteiger charge is 2.68. The number of ether oxygens (including phenoxy) is 3. The molecule has 1 saturated heterocycles. The van der Waals surface area contributed by atoms with E-state index in [1.807, 2.05) is 81.4 Å². The molecule has 0 saturated carbocycles. The van der Waals surface area contributed by atoms with Crippen LogP contribution in [0.5, 0.6) is 0 Å². The van der Waals surface area contributed by atoms with Gasteiger partial charge in [-0.3, -0.25) is 4.79 Å². The molecular formula is C23H24O4. The van der Waals surface area contributed by atoms with Crippen molar-refractivity contribution in [3.63, 3.8) is 0 Å². The SMILES string of the molecule is CC1=C(OC(C)C)[C@@]2(O[C@H](C)C(c3ccccc3)(c3ccccc3)O2)C1=O. The van der Waals surface area contributed by atoms with Crippen LogP contribution >= 0.6 is 0 Å². The molecule has 1 aliphatic carbocycles. The van der Waals surface area contributed by atoms with Crippen LogP contribution in [0.1, 0.15) is 38.8 Å². The predicted octanol–water partition coefficient (Wildman–Crippen LogP) is 4.34. The van der Waals surface area contributed by atoms with Crippen LogP contribution in [0.15, 0.2) is 72.0 Å². The van der Waals surface area contributed by atoms with E-state index >= 15 is 0 Å². The Morgan fingerprint density at radius 1 is 0.963 bits per heavy atom. The molecule has 0 unspecified atom stereocenters. The first-order valence-corrected chi connectivity index (χ1v) is 9.33. The summed E-state index contributed by atoms with van der Waals surface area (Å²) in [5.74, 6) is -1.15. The normalized spacial score (nSPS) is 26.6. The first-order valence-electron chi connectivity index (χ1n) is 9.33. The van der Waals surface area contributed by atoms with E-state index in [1.165, 1.54) is 0 Å². The monoisotopic (exact) mass is 364 g/mol. The third-order valence-electron chi connectivity index (χ3n) is 5.26. The van der Waals surface area contributed by atoms with E-state index in [0.717, 1.165) is 11.1 Å². The summed E-state index contributed by atoms with van der Waals surface area (Å²) in [5.41, 5.74) is 1.56. The Balaban J connectivity index is 1.87. The van der Waals surface area contributed by atoms with Crippen molar-refractivity contribution in [2.75, 3.05) is 0 Å². The van der Waals surface area contributed by atoms with Crippen LogP contribution in [0.2, 0.25) is 0 Å². The molecule has 4 heteroatoms. The summed E-state index contributed by atoms with van der Waals surface area (Å²) in [6, 6.07) is 19.8. The number of hydrogen-bond acceptors (Lipinski definition) is 4. The van der Waals surface area contributed by atoms with Crippen molar-refractivity contribution in [2.24, 2.45) is 0 Å². The van der Waals surface area contributed by atoms with Crippen molar-refractivity contribution in [3.05, 3.63) is 83.1 Å². The van der Waals surface area contributed by atoms with Crippen LogP contribution in [0, 0.1) is 0 Å². The Morgan fingerprint density at radius 3 is 1.96 bits per heavy atom. The molecule has 0 radical (unpaired) electrons. The maximum atomic E-state index is 12.9. The van der Waals surface area contributed by atoms with Crippen molar-refractivity contribution in [2.45, 2.75) is 51.3 Å². The highest BCUT2D eigenvalue weighted by atomic mass is 16.8. The second-order valence-corrected chi connectivity index (χ2v) is 7.40. The van der Waals surface area contributed by atoms with Crippen molar-refractivity contribution in [1.82, 2.24) is 0 Å². The minimum Gasteiger partial charge on any atom is -0.489 e. The van der Waals surface area contributed by atoms with Gasteiger partial charge in [-0.1, -0.05) is 60.7 Å². The van der Waals surface area contributed by atoms with Crippen LogP contribution in [-0.2, 0) is 24.6 Å². The smallest absolute Gasteiger partial charge is 0.295 e. The molecule has 1 aliphatic heterocycles. The molecule has 4 nitrogen and oxygen atoms in total. The molecule has 140 valence electrons. The van der Waals surface area contributed by atoms with Gasteiger partial charge in [0.15, 0.2) is 5.76 Å². The summed E-state index contributed by atoms with van der Waals surface area (Å²) in [6.07, 6.45) is -0.462. The molecule has 0 bridgehead atoms. The van der Waals surface area contributed by atoms with Gasteiger partial charge in [-0.25, -0.2) is 0 Å². The van der Waals surface area contributed by atoms with E-state index in [1.54, 1.807) is 6.92 Å². The largest absolute Gasteiger partial charge is 0.489 e. The lowest BCUT2D eigenvalue weighted by atomic mass is 9.82. The molecule has 0 N–H and O–H groups in total. The number of benzene rings is 2. The molecule has 27 heavy (non-hydrogen) atoms. The lowest BCUT2D eigenvalue weighted by Crippen LogP contribution is -2.54. The number of hydrogen-bond donors (Lipinski definition) is 0. The number of carbonyl (C=O) groups is 1. The number of ketones is 1. The van der Waals surface area contributed by atoms with Gasteiger partial charge in [0.05, 0.1) is 12.2 Å². The zero-order chi connectivity index (χ0) is 19.2. The van der Waals surface area contributed by atoms with Crippen molar-refractivity contribution in [3.8, 4) is 0 Å². The summed E-state index contributed by atoms with van der Waals surface area (Å²) in [6.45, 7) is 7.56. The lowest BCUT2D eigenvalue weighted by molar-refractivity contribution is -0.203. The van der Waals surface area contributed by atoms with Crippen molar-refractivity contribution in [1.29, 1.82) is 0 Å². The van der Waals surface area contributed by atoms with E-state index in [9.17, 15) is 4.79 Å². The average molecular weight is 364 g/mol. The molecule has 1 fully saturated rings. The first-order chi connectivity index (χ1) is 12.9. The average Bonchev–Trinajstić information content (AvgIpc) is 3.03. The molecule has 1 spiro atoms. The maximum Gasteiger partial charge on any atom is 0.295 e. The minimum absolute atomic E-state index is 0.0779. The molecular weight excluding hydrogens is 340 g/mol. The van der Waals surface area contributed by atoms with E-state index in [0.29, 0.717) is 11.3 Å². The Bertz CT molecular complexity index is 846. The standard InChI is InChI=1S/C23H24O4/c1-15(2)25-21-16(3)20(24)23(21)26-17(4)22(27-23,18-11-7-5-8-12-18)19-13-9-6-10-14-19/h5-15,17H,1-4H3/t17-,23-/m1/s1. The van der Waals surface area contributed by atoms with Crippen molar-refractivity contribution >= 4 is 5.78 Å². The second kappa shape index (κ2) is 6.32. The molecule has 2 atom stereocenters. The number of carbonyl (C=O) groups excluding carboxylic acids is 1. The summed E-state index contributed by atoms with van der Waals surface area (Å²) < 4.78 is 18.8. The summed E-state index contributed by atoms with van der Waals surface area (Å²) in [4.78, 5) is 12.9. The van der Waals surface area contributed by atoms with Gasteiger partial charge < -0.3 is 14.2 Å². The highest BCUT2D eigenvalue weighted by Crippen LogP contribution is 2.55. The fourth-order valence-electron chi connectivity index (χ4n) is 4.03. The number of rotatable bonds is 4. The fraction of sp³-hybridized carbons (Fsp3) is 0.348. The van der Waals surface area contributed by atoms with E-state index in [4.69, 9.17) is 14.2 Å². The molecule has 2 aromatic rings. The Hall–Kier alpha value is -2.43. The van der Waals surface area contributed by atoms with Crippen LogP contribution < -0.4 is 0 Å². The van der Waals surface area contributed by atoms with Gasteiger partial charge in [0.1, 0.15) is 5.60 Å². The predicted molar refractivity (Wildman–Crippen MR) is 102 cm³/mol. The first kappa shape index (κ1) is 18.0. The zero-order valence-electron chi connectivity index (χ0n) is 16.1. The van der Waals surface area contributed by atoms with Gasteiger partial charge in [-0.05, 0) is 38.8 Å². The maximum absolute atomic E-state index is 12.9. The third-order valence-corrected chi connectivity index (χ3v) is 5.26. The molecule has 0 amide bonds. The summed E-state index contributed by atoms with van der Waals surface area (Å²) in [5, 5.41) is 0. The van der Waals surface area contributed by atoms with Gasteiger partial charge in [0.25, 0.3) is 5.79 Å². The quantitative estimate of drug-likeness (QED) is 0.809. The van der Waals surface area contributed by atoms with E-state index in [2.05, 4.69) is 0 Å². The second-order valence-electron chi connectivity index (χ2n) is 7.40. The van der Waals surface area contributed by atoms with E-state index in [-0.39, 0.29) is 18.0 Å². The van der Waals surface area contributed by atoms with Gasteiger partial charge in [0, 0.05) is 5.57 Å². The summed E-state index contributed by atoms with van der Waals surface area (Å²) in [7, 11) is 0. The molecule has 0 aromatic heterocycles.